The van der Waals surface area contributed by atoms with Crippen molar-refractivity contribution < 1.29 is 19.4 Å². The van der Waals surface area contributed by atoms with E-state index in [-0.39, 0.29) is 30.0 Å². The minimum absolute atomic E-state index is 0.0422. The van der Waals surface area contributed by atoms with E-state index in [1.165, 1.54) is 11.8 Å². The zero-order valence-corrected chi connectivity index (χ0v) is 18.6. The first-order valence-corrected chi connectivity index (χ1v) is 11.6. The third-order valence-electron chi connectivity index (χ3n) is 8.09. The first-order chi connectivity index (χ1) is 14.3. The van der Waals surface area contributed by atoms with Crippen molar-refractivity contribution in [1.29, 1.82) is 0 Å². The summed E-state index contributed by atoms with van der Waals surface area (Å²) in [5.41, 5.74) is 1.29. The maximum atomic E-state index is 12.5. The van der Waals surface area contributed by atoms with Gasteiger partial charge in [-0.25, -0.2) is 0 Å². The van der Waals surface area contributed by atoms with Gasteiger partial charge in [-0.15, -0.1) is 0 Å². The maximum Gasteiger partial charge on any atom is 0.286 e. The van der Waals surface area contributed by atoms with Crippen molar-refractivity contribution in [2.24, 2.45) is 29.1 Å². The lowest BCUT2D eigenvalue weighted by molar-refractivity contribution is -0.0620. The number of carbonyl (C=O) groups is 1. The van der Waals surface area contributed by atoms with E-state index in [2.05, 4.69) is 25.7 Å². The van der Waals surface area contributed by atoms with Gasteiger partial charge >= 0.3 is 0 Å². The number of hydrogen-bond acceptors (Lipinski definition) is 4. The van der Waals surface area contributed by atoms with E-state index in [0.29, 0.717) is 36.5 Å². The summed E-state index contributed by atoms with van der Waals surface area (Å²) < 4.78 is 5.25. The molecular formula is C25H39NO4. The number of hydrogen-bond donors (Lipinski definition) is 3. The van der Waals surface area contributed by atoms with Gasteiger partial charge in [0.25, 0.3) is 5.91 Å². The number of aliphatic hydroxyl groups is 2. The van der Waals surface area contributed by atoms with E-state index < -0.39 is 0 Å². The van der Waals surface area contributed by atoms with Gasteiger partial charge in [-0.2, -0.15) is 0 Å². The molecule has 2 aliphatic carbocycles. The van der Waals surface area contributed by atoms with Crippen molar-refractivity contribution in [2.75, 3.05) is 13.2 Å². The van der Waals surface area contributed by atoms with Gasteiger partial charge in [0.2, 0.25) is 0 Å². The fraction of sp³-hybridized carbons (Fsp3) is 0.720. The van der Waals surface area contributed by atoms with Crippen LogP contribution in [-0.2, 0) is 0 Å². The highest BCUT2D eigenvalue weighted by molar-refractivity contribution is 5.91. The Bertz CT molecular complexity index is 700. The minimum Gasteiger partial charge on any atom is -0.459 e. The second-order valence-corrected chi connectivity index (χ2v) is 9.90. The molecule has 1 heterocycles. The second kappa shape index (κ2) is 10.1. The minimum atomic E-state index is -0.317. The quantitative estimate of drug-likeness (QED) is 0.614. The first-order valence-electron chi connectivity index (χ1n) is 11.6. The molecular weight excluding hydrogens is 378 g/mol. The standard InChI is InChI=1S/C25H39NO4/c1-17-6-4-7-19(15-26-24(29)23-8-5-13-30-23)22(10-9-18(17)2)25(3)12-11-21(28)14-20(25)16-27/h5,8,13,18-22,27-28H,1,4,6-7,9-12,14-16H2,2-3H3,(H,26,29). The smallest absolute Gasteiger partial charge is 0.286 e. The van der Waals surface area contributed by atoms with Crippen LogP contribution in [0.2, 0.25) is 0 Å². The molecule has 0 aliphatic heterocycles. The van der Waals surface area contributed by atoms with Gasteiger partial charge < -0.3 is 19.9 Å². The van der Waals surface area contributed by atoms with Crippen LogP contribution < -0.4 is 5.32 Å². The first kappa shape index (κ1) is 23.1. The molecule has 1 aromatic rings. The molecule has 168 valence electrons. The number of furan rings is 1. The molecule has 2 aliphatic rings. The Morgan fingerprint density at radius 3 is 2.83 bits per heavy atom. The van der Waals surface area contributed by atoms with Crippen LogP contribution in [0, 0.1) is 29.1 Å². The van der Waals surface area contributed by atoms with Crippen LogP contribution in [0.4, 0.5) is 0 Å². The van der Waals surface area contributed by atoms with Crippen LogP contribution in [0.3, 0.4) is 0 Å². The monoisotopic (exact) mass is 417 g/mol. The van der Waals surface area contributed by atoms with Crippen molar-refractivity contribution in [3.05, 3.63) is 36.3 Å². The van der Waals surface area contributed by atoms with Crippen molar-refractivity contribution in [2.45, 2.75) is 71.3 Å². The lowest BCUT2D eigenvalue weighted by Gasteiger charge is -2.50. The molecule has 5 heteroatoms. The molecule has 0 radical (unpaired) electrons. The van der Waals surface area contributed by atoms with Crippen molar-refractivity contribution in [1.82, 2.24) is 5.32 Å². The van der Waals surface area contributed by atoms with Crippen LogP contribution in [0.5, 0.6) is 0 Å². The van der Waals surface area contributed by atoms with Crippen LogP contribution in [0.1, 0.15) is 75.8 Å². The molecule has 0 spiro atoms. The number of aliphatic hydroxyl groups excluding tert-OH is 2. The van der Waals surface area contributed by atoms with E-state index in [4.69, 9.17) is 4.42 Å². The molecule has 30 heavy (non-hydrogen) atoms. The summed E-state index contributed by atoms with van der Waals surface area (Å²) in [6.07, 6.45) is 8.86. The van der Waals surface area contributed by atoms with Gasteiger partial charge in [-0.05, 0) is 92.6 Å². The summed E-state index contributed by atoms with van der Waals surface area (Å²) in [7, 11) is 0. The SMILES string of the molecule is C=C1CCCC(CNC(=O)c2ccco2)C(C2(C)CCC(O)CC2CO)CCC1C. The van der Waals surface area contributed by atoms with E-state index in [1.54, 1.807) is 12.1 Å². The van der Waals surface area contributed by atoms with Gasteiger partial charge in [0.15, 0.2) is 5.76 Å². The average molecular weight is 418 g/mol. The van der Waals surface area contributed by atoms with Crippen LogP contribution in [-0.4, -0.2) is 35.4 Å². The van der Waals surface area contributed by atoms with E-state index in [9.17, 15) is 15.0 Å². The third kappa shape index (κ3) is 5.17. The fourth-order valence-corrected chi connectivity index (χ4v) is 5.91. The third-order valence-corrected chi connectivity index (χ3v) is 8.09. The van der Waals surface area contributed by atoms with E-state index >= 15 is 0 Å². The Morgan fingerprint density at radius 1 is 1.33 bits per heavy atom. The number of allylic oxidation sites excluding steroid dienone is 1. The Hall–Kier alpha value is -1.59. The fourth-order valence-electron chi connectivity index (χ4n) is 5.91. The van der Waals surface area contributed by atoms with Gasteiger partial charge in [0, 0.05) is 13.2 Å². The van der Waals surface area contributed by atoms with Crippen molar-refractivity contribution in [3.8, 4) is 0 Å². The highest BCUT2D eigenvalue weighted by atomic mass is 16.3. The van der Waals surface area contributed by atoms with Crippen LogP contribution in [0.25, 0.3) is 0 Å². The summed E-state index contributed by atoms with van der Waals surface area (Å²) >= 11 is 0. The van der Waals surface area contributed by atoms with Crippen LogP contribution in [0.15, 0.2) is 35.0 Å². The summed E-state index contributed by atoms with van der Waals surface area (Å²) in [5.74, 6) is 1.47. The molecule has 0 aromatic carbocycles. The molecule has 1 aromatic heterocycles. The Balaban J connectivity index is 1.82. The molecule has 1 amide bonds. The highest BCUT2D eigenvalue weighted by Gasteiger charge is 2.47. The molecule has 0 bridgehead atoms. The number of nitrogens with one attached hydrogen (secondary N) is 1. The Morgan fingerprint density at radius 2 is 2.13 bits per heavy atom. The van der Waals surface area contributed by atoms with Gasteiger partial charge in [0.05, 0.1) is 12.4 Å². The average Bonchev–Trinajstić information content (AvgIpc) is 3.28. The summed E-state index contributed by atoms with van der Waals surface area (Å²) in [6, 6.07) is 3.41. The van der Waals surface area contributed by atoms with Crippen molar-refractivity contribution in [3.63, 3.8) is 0 Å². The molecule has 2 fully saturated rings. The number of amides is 1. The Kier molecular flexibility index (Phi) is 7.81. The molecule has 6 atom stereocenters. The lowest BCUT2D eigenvalue weighted by atomic mass is 9.56. The second-order valence-electron chi connectivity index (χ2n) is 9.90. The highest BCUT2D eigenvalue weighted by Crippen LogP contribution is 2.52. The molecule has 2 saturated carbocycles. The number of rotatable bonds is 5. The molecule has 3 N–H and O–H groups in total. The molecule has 0 saturated heterocycles. The molecule has 6 unspecified atom stereocenters. The predicted molar refractivity (Wildman–Crippen MR) is 118 cm³/mol. The van der Waals surface area contributed by atoms with Gasteiger partial charge in [-0.1, -0.05) is 26.0 Å². The predicted octanol–water partition coefficient (Wildman–Crippen LogP) is 4.56. The topological polar surface area (TPSA) is 82.7 Å². The van der Waals surface area contributed by atoms with E-state index in [0.717, 1.165) is 44.9 Å². The Labute approximate surface area is 180 Å². The molecule has 5 nitrogen and oxygen atoms in total. The number of carbonyl (C=O) groups excluding carboxylic acids is 1. The van der Waals surface area contributed by atoms with Crippen LogP contribution >= 0.6 is 0 Å². The summed E-state index contributed by atoms with van der Waals surface area (Å²) in [4.78, 5) is 12.5. The summed E-state index contributed by atoms with van der Waals surface area (Å²) in [6.45, 7) is 9.62. The van der Waals surface area contributed by atoms with Crippen molar-refractivity contribution >= 4 is 5.91 Å². The normalized spacial score (nSPS) is 35.9. The maximum absolute atomic E-state index is 12.5. The van der Waals surface area contributed by atoms with Gasteiger partial charge in [-0.3, -0.25) is 4.79 Å². The zero-order valence-electron chi connectivity index (χ0n) is 18.6. The van der Waals surface area contributed by atoms with Gasteiger partial charge in [0.1, 0.15) is 0 Å². The zero-order chi connectivity index (χ0) is 21.7. The van der Waals surface area contributed by atoms with E-state index in [1.807, 2.05) is 0 Å². The largest absolute Gasteiger partial charge is 0.459 e. The molecule has 3 rings (SSSR count). The lowest BCUT2D eigenvalue weighted by Crippen LogP contribution is -2.48. The summed E-state index contributed by atoms with van der Waals surface area (Å²) in [5, 5.41) is 23.5.